The number of halogens is 1. The Morgan fingerprint density at radius 3 is 2.80 bits per heavy atom. The van der Waals surface area contributed by atoms with Crippen LogP contribution < -0.4 is 4.74 Å². The Morgan fingerprint density at radius 2 is 2.13 bits per heavy atom. The van der Waals surface area contributed by atoms with Crippen molar-refractivity contribution in [3.8, 4) is 5.75 Å². The van der Waals surface area contributed by atoms with Crippen LogP contribution in [0, 0.1) is 0 Å². The van der Waals surface area contributed by atoms with Gasteiger partial charge in [-0.25, -0.2) is 0 Å². The molecule has 2 rings (SSSR count). The fourth-order valence-corrected chi connectivity index (χ4v) is 2.02. The van der Waals surface area contributed by atoms with Crippen LogP contribution in [-0.2, 0) is 4.74 Å². The van der Waals surface area contributed by atoms with Crippen molar-refractivity contribution in [2.24, 2.45) is 0 Å². The molecule has 0 spiro atoms. The lowest BCUT2D eigenvalue weighted by molar-refractivity contribution is 0.127. The second-order valence-electron chi connectivity index (χ2n) is 3.42. The number of ether oxygens (including phenoxy) is 2. The number of hydrogen-bond acceptors (Lipinski definition) is 2. The van der Waals surface area contributed by atoms with Gasteiger partial charge in [-0.05, 0) is 12.1 Å². The Morgan fingerprint density at radius 1 is 1.33 bits per heavy atom. The minimum atomic E-state index is 0.0449. The van der Waals surface area contributed by atoms with Gasteiger partial charge in [-0.2, -0.15) is 0 Å². The van der Waals surface area contributed by atoms with Gasteiger partial charge in [-0.3, -0.25) is 0 Å². The first kappa shape index (κ1) is 10.7. The van der Waals surface area contributed by atoms with E-state index < -0.39 is 0 Å². The molecule has 80 valence electrons. The number of rotatable bonds is 2. The number of alkyl halides is 1. The second kappa shape index (κ2) is 4.81. The zero-order valence-corrected chi connectivity index (χ0v) is 10.1. The Balaban J connectivity index is 2.25. The van der Waals surface area contributed by atoms with Crippen LogP contribution in [0.5, 0.6) is 5.75 Å². The van der Waals surface area contributed by atoms with Crippen LogP contribution in [0.25, 0.3) is 0 Å². The molecule has 15 heavy (non-hydrogen) atoms. The lowest BCUT2D eigenvalue weighted by Gasteiger charge is -2.22. The number of benzene rings is 1. The molecule has 0 fully saturated rings. The van der Waals surface area contributed by atoms with Crippen molar-refractivity contribution in [1.29, 1.82) is 0 Å². The largest absolute Gasteiger partial charge is 0.496 e. The molecule has 0 aliphatic carbocycles. The number of para-hydroxylation sites is 1. The monoisotopic (exact) mass is 268 g/mol. The van der Waals surface area contributed by atoms with Gasteiger partial charge >= 0.3 is 0 Å². The van der Waals surface area contributed by atoms with Gasteiger partial charge in [0.15, 0.2) is 0 Å². The molecule has 0 bridgehead atoms. The number of methoxy groups -OCH3 is 1. The molecule has 1 aliphatic heterocycles. The highest BCUT2D eigenvalue weighted by Gasteiger charge is 2.18. The van der Waals surface area contributed by atoms with Crippen molar-refractivity contribution in [3.05, 3.63) is 42.0 Å². The van der Waals surface area contributed by atoms with Crippen LogP contribution in [0.2, 0.25) is 0 Å². The fraction of sp³-hybridized carbons (Fsp3) is 0.333. The average Bonchev–Trinajstić information content (AvgIpc) is 2.30. The summed E-state index contributed by atoms with van der Waals surface area (Å²) in [6.07, 6.45) is 4.17. The van der Waals surface area contributed by atoms with E-state index in [0.29, 0.717) is 6.61 Å². The van der Waals surface area contributed by atoms with E-state index in [4.69, 9.17) is 9.47 Å². The van der Waals surface area contributed by atoms with E-state index in [1.54, 1.807) is 7.11 Å². The summed E-state index contributed by atoms with van der Waals surface area (Å²) in [5, 5.41) is 0.0449. The molecule has 1 aliphatic rings. The molecule has 0 saturated carbocycles. The van der Waals surface area contributed by atoms with Gasteiger partial charge in [-0.1, -0.05) is 40.2 Å². The summed E-state index contributed by atoms with van der Waals surface area (Å²) >= 11 is 3.38. The van der Waals surface area contributed by atoms with Crippen molar-refractivity contribution >= 4 is 15.9 Å². The van der Waals surface area contributed by atoms with Crippen LogP contribution in [-0.4, -0.2) is 18.7 Å². The lowest BCUT2D eigenvalue weighted by Crippen LogP contribution is -2.15. The summed E-state index contributed by atoms with van der Waals surface area (Å²) < 4.78 is 10.8. The van der Waals surface area contributed by atoms with Gasteiger partial charge in [0.25, 0.3) is 0 Å². The van der Waals surface area contributed by atoms with E-state index in [1.807, 2.05) is 24.3 Å². The standard InChI is InChI=1S/C12H13BrO2/c1-14-11-5-3-2-4-10(11)9-6-7-12(13)15-8-9/h2-7,9,12H,8H2,1H3. The van der Waals surface area contributed by atoms with Crippen molar-refractivity contribution in [2.75, 3.05) is 13.7 Å². The highest BCUT2D eigenvalue weighted by Crippen LogP contribution is 2.30. The van der Waals surface area contributed by atoms with Crippen LogP contribution in [0.1, 0.15) is 11.5 Å². The molecular formula is C12H13BrO2. The Hall–Kier alpha value is -0.800. The normalized spacial score (nSPS) is 25.2. The molecule has 2 atom stereocenters. The van der Waals surface area contributed by atoms with Gasteiger partial charge in [0.1, 0.15) is 10.8 Å². The molecule has 1 heterocycles. The first-order chi connectivity index (χ1) is 7.31. The Bertz CT molecular complexity index is 362. The van der Waals surface area contributed by atoms with Crippen molar-refractivity contribution in [3.63, 3.8) is 0 Å². The molecule has 0 radical (unpaired) electrons. The van der Waals surface area contributed by atoms with Crippen LogP contribution in [0.3, 0.4) is 0 Å². The number of hydrogen-bond donors (Lipinski definition) is 0. The van der Waals surface area contributed by atoms with Gasteiger partial charge in [0.2, 0.25) is 0 Å². The molecule has 3 heteroatoms. The third kappa shape index (κ3) is 2.41. The van der Waals surface area contributed by atoms with Crippen LogP contribution in [0.4, 0.5) is 0 Å². The molecule has 2 unspecified atom stereocenters. The first-order valence-electron chi connectivity index (χ1n) is 4.88. The predicted molar refractivity (Wildman–Crippen MR) is 63.5 cm³/mol. The maximum atomic E-state index is 5.52. The van der Waals surface area contributed by atoms with E-state index in [0.717, 1.165) is 5.75 Å². The molecule has 0 N–H and O–H groups in total. The summed E-state index contributed by atoms with van der Waals surface area (Å²) in [6.45, 7) is 0.687. The van der Waals surface area contributed by atoms with Gasteiger partial charge in [0.05, 0.1) is 13.7 Å². The summed E-state index contributed by atoms with van der Waals surface area (Å²) in [4.78, 5) is 0. The summed E-state index contributed by atoms with van der Waals surface area (Å²) in [5.74, 6) is 1.21. The van der Waals surface area contributed by atoms with Crippen molar-refractivity contribution in [1.82, 2.24) is 0 Å². The topological polar surface area (TPSA) is 18.5 Å². The van der Waals surface area contributed by atoms with E-state index in [2.05, 4.69) is 28.1 Å². The molecule has 0 amide bonds. The van der Waals surface area contributed by atoms with Crippen molar-refractivity contribution in [2.45, 2.75) is 10.9 Å². The highest BCUT2D eigenvalue weighted by atomic mass is 79.9. The third-order valence-electron chi connectivity index (χ3n) is 2.47. The van der Waals surface area contributed by atoms with E-state index >= 15 is 0 Å². The van der Waals surface area contributed by atoms with E-state index in [9.17, 15) is 0 Å². The summed E-state index contributed by atoms with van der Waals surface area (Å²) in [7, 11) is 1.69. The van der Waals surface area contributed by atoms with Gasteiger partial charge in [0, 0.05) is 11.5 Å². The third-order valence-corrected chi connectivity index (χ3v) is 3.04. The van der Waals surface area contributed by atoms with Crippen molar-refractivity contribution < 1.29 is 9.47 Å². The van der Waals surface area contributed by atoms with Crippen LogP contribution >= 0.6 is 15.9 Å². The smallest absolute Gasteiger partial charge is 0.130 e. The SMILES string of the molecule is COc1ccccc1C1C=CC(Br)OC1. The first-order valence-corrected chi connectivity index (χ1v) is 5.79. The maximum absolute atomic E-state index is 5.52. The Labute approximate surface area is 98.0 Å². The Kier molecular flexibility index (Phi) is 3.44. The summed E-state index contributed by atoms with van der Waals surface area (Å²) in [5.41, 5.74) is 1.18. The lowest BCUT2D eigenvalue weighted by atomic mass is 9.97. The summed E-state index contributed by atoms with van der Waals surface area (Å²) in [6, 6.07) is 8.05. The minimum Gasteiger partial charge on any atom is -0.496 e. The molecular weight excluding hydrogens is 256 g/mol. The predicted octanol–water partition coefficient (Wildman–Crippen LogP) is 3.09. The highest BCUT2D eigenvalue weighted by molar-refractivity contribution is 9.09. The molecule has 0 saturated heterocycles. The second-order valence-corrected chi connectivity index (χ2v) is 4.32. The van der Waals surface area contributed by atoms with E-state index in [1.165, 1.54) is 5.56 Å². The van der Waals surface area contributed by atoms with Crippen LogP contribution in [0.15, 0.2) is 36.4 Å². The molecule has 0 aromatic heterocycles. The zero-order chi connectivity index (χ0) is 10.7. The average molecular weight is 269 g/mol. The minimum absolute atomic E-state index is 0.0449. The zero-order valence-electron chi connectivity index (χ0n) is 8.52. The maximum Gasteiger partial charge on any atom is 0.130 e. The molecule has 2 nitrogen and oxygen atoms in total. The van der Waals surface area contributed by atoms with Gasteiger partial charge < -0.3 is 9.47 Å². The molecule has 1 aromatic rings. The van der Waals surface area contributed by atoms with Gasteiger partial charge in [-0.15, -0.1) is 0 Å². The van der Waals surface area contributed by atoms with E-state index in [-0.39, 0.29) is 10.9 Å². The quantitative estimate of drug-likeness (QED) is 0.606. The molecule has 1 aromatic carbocycles. The fourth-order valence-electron chi connectivity index (χ4n) is 1.69.